The summed E-state index contributed by atoms with van der Waals surface area (Å²) < 4.78 is 11.0. The van der Waals surface area contributed by atoms with Crippen LogP contribution in [0, 0.1) is 0 Å². The van der Waals surface area contributed by atoms with Crippen LogP contribution in [0.5, 0.6) is 11.5 Å². The normalized spacial score (nSPS) is 17.8. The van der Waals surface area contributed by atoms with Gasteiger partial charge in [-0.1, -0.05) is 37.6 Å². The average Bonchev–Trinajstić information content (AvgIpc) is 3.03. The Hall–Kier alpha value is -2.99. The van der Waals surface area contributed by atoms with E-state index in [-0.39, 0.29) is 21.9 Å². The van der Waals surface area contributed by atoms with Gasteiger partial charge in [-0.3, -0.25) is 9.59 Å². The molecule has 0 aliphatic carbocycles. The number of nitrogens with zero attached hydrogens (tertiary/aromatic N) is 1. The number of methoxy groups -OCH3 is 1. The maximum atomic E-state index is 13.0. The van der Waals surface area contributed by atoms with E-state index in [0.717, 1.165) is 6.42 Å². The van der Waals surface area contributed by atoms with Crippen molar-refractivity contribution in [3.05, 3.63) is 64.2 Å². The molecule has 1 atom stereocenters. The molecule has 0 spiro atoms. The van der Waals surface area contributed by atoms with E-state index in [0.29, 0.717) is 36.6 Å². The Balaban J connectivity index is 2.18. The van der Waals surface area contributed by atoms with Crippen LogP contribution < -0.4 is 9.47 Å². The minimum atomic E-state index is -0.743. The predicted octanol–water partition coefficient (Wildman–Crippen LogP) is 4.97. The van der Waals surface area contributed by atoms with Gasteiger partial charge in [0.2, 0.25) is 0 Å². The molecule has 1 amide bonds. The first-order valence-electron chi connectivity index (χ1n) is 10.3. The molecule has 1 heterocycles. The highest BCUT2D eigenvalue weighted by molar-refractivity contribution is 6.47. The third-order valence-corrected chi connectivity index (χ3v) is 5.41. The first-order chi connectivity index (χ1) is 14.9. The van der Waals surface area contributed by atoms with Crippen LogP contribution in [0.2, 0.25) is 5.02 Å². The second-order valence-electron chi connectivity index (χ2n) is 7.26. The van der Waals surface area contributed by atoms with Crippen molar-refractivity contribution in [2.45, 2.75) is 32.7 Å². The number of rotatable bonds is 8. The second-order valence-corrected chi connectivity index (χ2v) is 7.67. The molecule has 1 unspecified atom stereocenters. The van der Waals surface area contributed by atoms with Gasteiger partial charge in [-0.05, 0) is 48.7 Å². The number of ether oxygens (including phenoxy) is 2. The summed E-state index contributed by atoms with van der Waals surface area (Å²) in [5, 5.41) is 11.4. The molecule has 0 saturated carbocycles. The number of aliphatic hydroxyl groups excluding tert-OH is 1. The number of carbonyl (C=O) groups excluding carboxylic acids is 2. The molecular weight excluding hydrogens is 418 g/mol. The fourth-order valence-electron chi connectivity index (χ4n) is 3.65. The molecule has 1 N–H and O–H groups in total. The number of hydrogen-bond acceptors (Lipinski definition) is 5. The van der Waals surface area contributed by atoms with Crippen molar-refractivity contribution in [3.63, 3.8) is 0 Å². The second kappa shape index (κ2) is 9.88. The Labute approximate surface area is 187 Å². The van der Waals surface area contributed by atoms with Crippen LogP contribution in [0.1, 0.15) is 43.9 Å². The van der Waals surface area contributed by atoms with Gasteiger partial charge in [-0.25, -0.2) is 0 Å². The molecule has 1 fully saturated rings. The van der Waals surface area contributed by atoms with Crippen molar-refractivity contribution in [1.82, 2.24) is 4.90 Å². The largest absolute Gasteiger partial charge is 0.507 e. The lowest BCUT2D eigenvalue weighted by Gasteiger charge is -2.25. The molecule has 1 aliphatic heterocycles. The Kier molecular flexibility index (Phi) is 7.23. The molecule has 6 nitrogen and oxygen atoms in total. The number of benzene rings is 2. The summed E-state index contributed by atoms with van der Waals surface area (Å²) in [6.45, 7) is 4.86. The van der Waals surface area contributed by atoms with E-state index in [2.05, 4.69) is 0 Å². The summed E-state index contributed by atoms with van der Waals surface area (Å²) in [6, 6.07) is 11.3. The van der Waals surface area contributed by atoms with Gasteiger partial charge in [0.1, 0.15) is 17.3 Å². The Morgan fingerprint density at radius 2 is 1.87 bits per heavy atom. The summed E-state index contributed by atoms with van der Waals surface area (Å²) in [5.41, 5.74) is 0.918. The highest BCUT2D eigenvalue weighted by atomic mass is 35.5. The van der Waals surface area contributed by atoms with Crippen LogP contribution in [0.3, 0.4) is 0 Å². The van der Waals surface area contributed by atoms with Gasteiger partial charge in [0.05, 0.1) is 30.4 Å². The molecule has 7 heteroatoms. The van der Waals surface area contributed by atoms with Gasteiger partial charge in [0.15, 0.2) is 0 Å². The van der Waals surface area contributed by atoms with Crippen molar-refractivity contribution < 1.29 is 24.2 Å². The van der Waals surface area contributed by atoms with Gasteiger partial charge >= 0.3 is 0 Å². The summed E-state index contributed by atoms with van der Waals surface area (Å²) in [4.78, 5) is 27.3. The number of likely N-dealkylation sites (tertiary alicyclic amines) is 1. The lowest BCUT2D eigenvalue weighted by molar-refractivity contribution is -0.139. The minimum absolute atomic E-state index is 0.00115. The molecule has 1 aliphatic rings. The lowest BCUT2D eigenvalue weighted by atomic mass is 9.95. The first kappa shape index (κ1) is 22.7. The van der Waals surface area contributed by atoms with Crippen molar-refractivity contribution in [2.24, 2.45) is 0 Å². The summed E-state index contributed by atoms with van der Waals surface area (Å²) in [6.07, 6.45) is 1.52. The van der Waals surface area contributed by atoms with Crippen LogP contribution in [0.4, 0.5) is 0 Å². The highest BCUT2D eigenvalue weighted by Gasteiger charge is 2.46. The van der Waals surface area contributed by atoms with E-state index in [4.69, 9.17) is 21.1 Å². The number of Topliss-reactive ketones (excluding diaryl/α,β-unsaturated/α-hetero) is 1. The van der Waals surface area contributed by atoms with E-state index in [1.54, 1.807) is 24.3 Å². The van der Waals surface area contributed by atoms with Gasteiger partial charge < -0.3 is 19.5 Å². The molecule has 2 aromatic rings. The van der Waals surface area contributed by atoms with Gasteiger partial charge in [-0.15, -0.1) is 0 Å². The topological polar surface area (TPSA) is 76.1 Å². The molecule has 0 bridgehead atoms. The number of aliphatic hydroxyl groups is 1. The fraction of sp³-hybridized carbons (Fsp3) is 0.333. The molecule has 164 valence electrons. The third-order valence-electron chi connectivity index (χ3n) is 5.08. The molecule has 2 aromatic carbocycles. The number of ketones is 1. The Morgan fingerprint density at radius 1 is 1.10 bits per heavy atom. The summed E-state index contributed by atoms with van der Waals surface area (Å²) in [5.74, 6) is -0.603. The summed E-state index contributed by atoms with van der Waals surface area (Å²) in [7, 11) is 1.50. The zero-order chi connectivity index (χ0) is 22.5. The van der Waals surface area contributed by atoms with Gasteiger partial charge in [0.25, 0.3) is 11.7 Å². The van der Waals surface area contributed by atoms with E-state index in [9.17, 15) is 14.7 Å². The van der Waals surface area contributed by atoms with E-state index in [1.165, 1.54) is 12.0 Å². The smallest absolute Gasteiger partial charge is 0.295 e. The van der Waals surface area contributed by atoms with Crippen molar-refractivity contribution >= 4 is 29.1 Å². The monoisotopic (exact) mass is 443 g/mol. The maximum absolute atomic E-state index is 13.0. The average molecular weight is 444 g/mol. The fourth-order valence-corrected chi connectivity index (χ4v) is 3.86. The number of carbonyl (C=O) groups is 2. The van der Waals surface area contributed by atoms with Crippen LogP contribution in [-0.2, 0) is 9.59 Å². The minimum Gasteiger partial charge on any atom is -0.507 e. The zero-order valence-corrected chi connectivity index (χ0v) is 18.6. The SMILES string of the molecule is CCCOc1cccc(C2/C(=C(\O)c3cc(OC)ccc3Cl)C(=O)C(=O)N2CCC)c1. The maximum Gasteiger partial charge on any atom is 0.295 e. The van der Waals surface area contributed by atoms with E-state index in [1.807, 2.05) is 32.0 Å². The van der Waals surface area contributed by atoms with Crippen molar-refractivity contribution in [1.29, 1.82) is 0 Å². The van der Waals surface area contributed by atoms with Crippen LogP contribution >= 0.6 is 11.6 Å². The highest BCUT2D eigenvalue weighted by Crippen LogP contribution is 2.41. The quantitative estimate of drug-likeness (QED) is 0.354. The predicted molar refractivity (Wildman–Crippen MR) is 120 cm³/mol. The van der Waals surface area contributed by atoms with E-state index >= 15 is 0 Å². The summed E-state index contributed by atoms with van der Waals surface area (Å²) >= 11 is 6.30. The van der Waals surface area contributed by atoms with Gasteiger partial charge in [-0.2, -0.15) is 0 Å². The van der Waals surface area contributed by atoms with Crippen LogP contribution in [0.25, 0.3) is 5.76 Å². The standard InChI is InChI=1S/C24H26ClNO5/c1-4-11-26-21(15-7-6-8-17(13-15)31-12-5-2)20(23(28)24(26)29)22(27)18-14-16(30-3)9-10-19(18)25/h6-10,13-14,21,27H,4-5,11-12H2,1-3H3/b22-20+. The lowest BCUT2D eigenvalue weighted by Crippen LogP contribution is -2.30. The van der Waals surface area contributed by atoms with Crippen molar-refractivity contribution in [2.75, 3.05) is 20.3 Å². The molecule has 0 radical (unpaired) electrons. The number of amides is 1. The molecule has 0 aromatic heterocycles. The van der Waals surface area contributed by atoms with Crippen LogP contribution in [0.15, 0.2) is 48.0 Å². The molecule has 3 rings (SSSR count). The van der Waals surface area contributed by atoms with Gasteiger partial charge in [0, 0.05) is 12.1 Å². The third kappa shape index (κ3) is 4.54. The molecular formula is C24H26ClNO5. The number of halogens is 1. The number of hydrogen-bond donors (Lipinski definition) is 1. The molecule has 1 saturated heterocycles. The Bertz CT molecular complexity index is 1020. The first-order valence-corrected chi connectivity index (χ1v) is 10.7. The molecule has 31 heavy (non-hydrogen) atoms. The zero-order valence-electron chi connectivity index (χ0n) is 17.9. The van der Waals surface area contributed by atoms with E-state index < -0.39 is 17.7 Å². The van der Waals surface area contributed by atoms with Crippen molar-refractivity contribution in [3.8, 4) is 11.5 Å². The Morgan fingerprint density at radius 3 is 2.55 bits per heavy atom. The van der Waals surface area contributed by atoms with Crippen LogP contribution in [-0.4, -0.2) is 42.0 Å².